The molecule has 0 bridgehead atoms. The highest BCUT2D eigenvalue weighted by Gasteiger charge is 2.34. The van der Waals surface area contributed by atoms with E-state index in [9.17, 15) is 9.59 Å². The van der Waals surface area contributed by atoms with Gasteiger partial charge >= 0.3 is 5.97 Å². The van der Waals surface area contributed by atoms with Gasteiger partial charge in [0.15, 0.2) is 0 Å². The highest BCUT2D eigenvalue weighted by Crippen LogP contribution is 2.18. The van der Waals surface area contributed by atoms with Gasteiger partial charge in [-0.05, 0) is 38.6 Å². The second-order valence-electron chi connectivity index (χ2n) is 5.13. The van der Waals surface area contributed by atoms with Crippen LogP contribution in [-0.4, -0.2) is 35.6 Å². The van der Waals surface area contributed by atoms with Crippen LogP contribution >= 0.6 is 0 Å². The first kappa shape index (κ1) is 14.0. The maximum atomic E-state index is 12.0. The summed E-state index contributed by atoms with van der Waals surface area (Å²) in [6, 6.07) is 0. The monoisotopic (exact) mass is 242 g/mol. The van der Waals surface area contributed by atoms with Gasteiger partial charge in [-0.1, -0.05) is 6.92 Å². The molecular formula is C12H22N2O3. The third-order valence-electron chi connectivity index (χ3n) is 3.25. The smallest absolute Gasteiger partial charge is 0.303 e. The lowest BCUT2D eigenvalue weighted by atomic mass is 9.90. The zero-order chi connectivity index (χ0) is 12.9. The predicted octanol–water partition coefficient (Wildman–Crippen LogP) is 0.746. The lowest BCUT2D eigenvalue weighted by Crippen LogP contribution is -2.57. The number of carbonyl (C=O) groups excluding carboxylic acids is 1. The molecule has 1 amide bonds. The predicted molar refractivity (Wildman–Crippen MR) is 64.7 cm³/mol. The summed E-state index contributed by atoms with van der Waals surface area (Å²) < 4.78 is 0. The van der Waals surface area contributed by atoms with Gasteiger partial charge in [0.1, 0.15) is 0 Å². The third-order valence-corrected chi connectivity index (χ3v) is 3.25. The van der Waals surface area contributed by atoms with Crippen molar-refractivity contribution in [2.45, 2.75) is 45.1 Å². The number of carbonyl (C=O) groups is 2. The van der Waals surface area contributed by atoms with Crippen LogP contribution in [0.2, 0.25) is 0 Å². The summed E-state index contributed by atoms with van der Waals surface area (Å²) >= 11 is 0. The molecule has 1 aliphatic heterocycles. The van der Waals surface area contributed by atoms with E-state index in [4.69, 9.17) is 5.11 Å². The van der Waals surface area contributed by atoms with Gasteiger partial charge in [-0.2, -0.15) is 0 Å². The molecule has 0 aromatic heterocycles. The summed E-state index contributed by atoms with van der Waals surface area (Å²) in [6.45, 7) is 5.02. The third kappa shape index (κ3) is 4.34. The molecular weight excluding hydrogens is 220 g/mol. The van der Waals surface area contributed by atoms with Crippen LogP contribution in [0.1, 0.15) is 39.5 Å². The van der Waals surface area contributed by atoms with Gasteiger partial charge in [-0.25, -0.2) is 0 Å². The minimum absolute atomic E-state index is 0.0190. The topological polar surface area (TPSA) is 78.4 Å². The van der Waals surface area contributed by atoms with Crippen molar-refractivity contribution in [3.8, 4) is 0 Å². The highest BCUT2D eigenvalue weighted by atomic mass is 16.4. The standard InChI is InChI=1S/C12H22N2O3/c1-9(7-10(15)16)8-13-11(17)12(2)5-3-4-6-14-12/h9,14H,3-8H2,1-2H3,(H,13,17)(H,15,16). The molecule has 1 rings (SSSR count). The Morgan fingerprint density at radius 3 is 2.71 bits per heavy atom. The Kier molecular flexibility index (Phi) is 4.93. The molecule has 0 radical (unpaired) electrons. The molecule has 0 aromatic carbocycles. The molecule has 5 heteroatoms. The lowest BCUT2D eigenvalue weighted by molar-refractivity contribution is -0.138. The van der Waals surface area contributed by atoms with Crippen molar-refractivity contribution in [1.82, 2.24) is 10.6 Å². The second-order valence-corrected chi connectivity index (χ2v) is 5.13. The Balaban J connectivity index is 2.35. The van der Waals surface area contributed by atoms with E-state index in [-0.39, 0.29) is 18.2 Å². The first-order valence-electron chi connectivity index (χ1n) is 6.19. The van der Waals surface area contributed by atoms with E-state index < -0.39 is 11.5 Å². The number of amides is 1. The minimum Gasteiger partial charge on any atom is -0.481 e. The normalized spacial score (nSPS) is 26.2. The maximum Gasteiger partial charge on any atom is 0.303 e. The molecule has 5 nitrogen and oxygen atoms in total. The zero-order valence-electron chi connectivity index (χ0n) is 10.6. The lowest BCUT2D eigenvalue weighted by Gasteiger charge is -2.33. The van der Waals surface area contributed by atoms with Crippen LogP contribution in [0.4, 0.5) is 0 Å². The van der Waals surface area contributed by atoms with Crippen molar-refractivity contribution in [2.75, 3.05) is 13.1 Å². The van der Waals surface area contributed by atoms with Gasteiger partial charge in [-0.3, -0.25) is 9.59 Å². The van der Waals surface area contributed by atoms with Gasteiger partial charge < -0.3 is 15.7 Å². The minimum atomic E-state index is -0.825. The van der Waals surface area contributed by atoms with Gasteiger partial charge in [-0.15, -0.1) is 0 Å². The van der Waals surface area contributed by atoms with Crippen LogP contribution in [0, 0.1) is 5.92 Å². The summed E-state index contributed by atoms with van der Waals surface area (Å²) in [6.07, 6.45) is 3.09. The first-order valence-corrected chi connectivity index (χ1v) is 6.19. The largest absolute Gasteiger partial charge is 0.481 e. The molecule has 98 valence electrons. The van der Waals surface area contributed by atoms with E-state index >= 15 is 0 Å². The van der Waals surface area contributed by atoms with Crippen molar-refractivity contribution in [2.24, 2.45) is 5.92 Å². The fourth-order valence-corrected chi connectivity index (χ4v) is 2.08. The van der Waals surface area contributed by atoms with E-state index in [0.29, 0.717) is 6.54 Å². The molecule has 0 saturated carbocycles. The fourth-order valence-electron chi connectivity index (χ4n) is 2.08. The van der Waals surface area contributed by atoms with Crippen molar-refractivity contribution in [1.29, 1.82) is 0 Å². The Morgan fingerprint density at radius 1 is 1.47 bits per heavy atom. The molecule has 2 unspecified atom stereocenters. The molecule has 1 heterocycles. The first-order chi connectivity index (χ1) is 7.94. The highest BCUT2D eigenvalue weighted by molar-refractivity contribution is 5.86. The molecule has 0 spiro atoms. The molecule has 1 fully saturated rings. The van der Waals surface area contributed by atoms with Crippen LogP contribution < -0.4 is 10.6 Å². The molecule has 2 atom stereocenters. The van der Waals surface area contributed by atoms with E-state index in [1.807, 2.05) is 13.8 Å². The molecule has 1 aliphatic rings. The van der Waals surface area contributed by atoms with Crippen molar-refractivity contribution >= 4 is 11.9 Å². The summed E-state index contributed by atoms with van der Waals surface area (Å²) in [5.41, 5.74) is -0.485. The molecule has 0 aromatic rings. The number of carboxylic acids is 1. The number of hydrogen-bond acceptors (Lipinski definition) is 3. The number of nitrogens with one attached hydrogen (secondary N) is 2. The maximum absolute atomic E-state index is 12.0. The van der Waals surface area contributed by atoms with Crippen LogP contribution in [0.15, 0.2) is 0 Å². The molecule has 3 N–H and O–H groups in total. The Labute approximate surface area is 102 Å². The van der Waals surface area contributed by atoms with Gasteiger partial charge in [0, 0.05) is 13.0 Å². The number of piperidine rings is 1. The van der Waals surface area contributed by atoms with Crippen molar-refractivity contribution in [3.05, 3.63) is 0 Å². The Morgan fingerprint density at radius 2 is 2.18 bits per heavy atom. The summed E-state index contributed by atoms with van der Waals surface area (Å²) in [5, 5.41) is 14.7. The van der Waals surface area contributed by atoms with Crippen molar-refractivity contribution < 1.29 is 14.7 Å². The molecule has 1 saturated heterocycles. The summed E-state index contributed by atoms with van der Waals surface area (Å²) in [4.78, 5) is 22.5. The second kappa shape index (κ2) is 6.00. The average Bonchev–Trinajstić information content (AvgIpc) is 2.26. The average molecular weight is 242 g/mol. The Hall–Kier alpha value is -1.10. The SMILES string of the molecule is CC(CNC(=O)C1(C)CCCCN1)CC(=O)O. The van der Waals surface area contributed by atoms with Crippen LogP contribution in [-0.2, 0) is 9.59 Å². The van der Waals surface area contributed by atoms with Crippen molar-refractivity contribution in [3.63, 3.8) is 0 Å². The zero-order valence-corrected chi connectivity index (χ0v) is 10.6. The number of hydrogen-bond donors (Lipinski definition) is 3. The van der Waals surface area contributed by atoms with Crippen LogP contribution in [0.25, 0.3) is 0 Å². The van der Waals surface area contributed by atoms with Gasteiger partial charge in [0.2, 0.25) is 5.91 Å². The van der Waals surface area contributed by atoms with Crippen LogP contribution in [0.3, 0.4) is 0 Å². The van der Waals surface area contributed by atoms with E-state index in [2.05, 4.69) is 10.6 Å². The fraction of sp³-hybridized carbons (Fsp3) is 0.833. The Bertz CT molecular complexity index is 285. The number of rotatable bonds is 5. The quantitative estimate of drug-likeness (QED) is 0.664. The van der Waals surface area contributed by atoms with Crippen LogP contribution in [0.5, 0.6) is 0 Å². The molecule has 0 aliphatic carbocycles. The van der Waals surface area contributed by atoms with E-state index in [0.717, 1.165) is 25.8 Å². The number of aliphatic carboxylic acids is 1. The summed E-state index contributed by atoms with van der Waals surface area (Å²) in [5.74, 6) is -0.883. The van der Waals surface area contributed by atoms with E-state index in [1.165, 1.54) is 0 Å². The van der Waals surface area contributed by atoms with E-state index in [1.54, 1.807) is 0 Å². The van der Waals surface area contributed by atoms with Gasteiger partial charge in [0.05, 0.1) is 5.54 Å². The summed E-state index contributed by atoms with van der Waals surface area (Å²) in [7, 11) is 0. The number of carboxylic acid groups (broad SMARTS) is 1. The molecule has 17 heavy (non-hydrogen) atoms. The van der Waals surface area contributed by atoms with Gasteiger partial charge in [0.25, 0.3) is 0 Å².